The zero-order valence-corrected chi connectivity index (χ0v) is 11.8. The number of thiazole rings is 1. The number of carboxylic acid groups (broad SMARTS) is 1. The average molecular weight is 315 g/mol. The van der Waals surface area contributed by atoms with Crippen LogP contribution in [0.5, 0.6) is 5.75 Å². The minimum absolute atomic E-state index is 0.00120. The lowest BCUT2D eigenvalue weighted by Crippen LogP contribution is -2.08. The Balaban J connectivity index is 2.12. The minimum atomic E-state index is -1.26. The van der Waals surface area contributed by atoms with Gasteiger partial charge in [-0.3, -0.25) is 4.79 Å². The molecule has 0 aliphatic carbocycles. The molecule has 0 saturated carbocycles. The highest BCUT2D eigenvalue weighted by molar-refractivity contribution is 7.17. The Hall–Kier alpha value is -2.93. The first-order valence-corrected chi connectivity index (χ1v) is 7.00. The van der Waals surface area contributed by atoms with Crippen molar-refractivity contribution in [3.63, 3.8) is 0 Å². The lowest BCUT2D eigenvalue weighted by Gasteiger charge is -2.01. The van der Waals surface area contributed by atoms with Gasteiger partial charge in [-0.05, 0) is 24.3 Å². The number of aromatic hydroxyl groups is 1. The van der Waals surface area contributed by atoms with Crippen LogP contribution in [0.15, 0.2) is 47.1 Å². The summed E-state index contributed by atoms with van der Waals surface area (Å²) in [5.41, 5.74) is -0.216. The van der Waals surface area contributed by atoms with Gasteiger partial charge in [0.25, 0.3) is 0 Å². The maximum absolute atomic E-state index is 12.5. The van der Waals surface area contributed by atoms with E-state index in [-0.39, 0.29) is 21.9 Å². The van der Waals surface area contributed by atoms with Crippen molar-refractivity contribution in [1.29, 1.82) is 0 Å². The number of carbonyl (C=O) groups excluding carboxylic acids is 1. The van der Waals surface area contributed by atoms with E-state index in [9.17, 15) is 19.8 Å². The molecule has 0 atom stereocenters. The van der Waals surface area contributed by atoms with E-state index in [1.807, 2.05) is 0 Å². The van der Waals surface area contributed by atoms with Gasteiger partial charge in [-0.1, -0.05) is 12.1 Å². The second-order valence-electron chi connectivity index (χ2n) is 4.33. The summed E-state index contributed by atoms with van der Waals surface area (Å²) in [4.78, 5) is 27.7. The Morgan fingerprint density at radius 2 is 1.91 bits per heavy atom. The highest BCUT2D eigenvalue weighted by atomic mass is 32.1. The highest BCUT2D eigenvalue weighted by Gasteiger charge is 2.26. The molecule has 2 heterocycles. The molecule has 0 spiro atoms. The van der Waals surface area contributed by atoms with Gasteiger partial charge in [0.15, 0.2) is 10.8 Å². The molecule has 7 heteroatoms. The normalized spacial score (nSPS) is 10.5. The third-order valence-corrected chi connectivity index (χ3v) is 3.98. The summed E-state index contributed by atoms with van der Waals surface area (Å²) in [6.45, 7) is 0. The SMILES string of the molecule is O=C(c1ccccc1O)c1nc(-c2ccco2)sc1C(=O)O. The number of hydrogen-bond donors (Lipinski definition) is 2. The van der Waals surface area contributed by atoms with Crippen molar-refractivity contribution in [2.45, 2.75) is 0 Å². The third kappa shape index (κ3) is 2.38. The van der Waals surface area contributed by atoms with E-state index >= 15 is 0 Å². The second kappa shape index (κ2) is 5.45. The summed E-state index contributed by atoms with van der Waals surface area (Å²) < 4.78 is 5.17. The Morgan fingerprint density at radius 1 is 1.14 bits per heavy atom. The van der Waals surface area contributed by atoms with Crippen molar-refractivity contribution in [2.24, 2.45) is 0 Å². The number of hydrogen-bond acceptors (Lipinski definition) is 6. The number of phenols is 1. The Labute approximate surface area is 128 Å². The number of carbonyl (C=O) groups is 2. The van der Waals surface area contributed by atoms with Crippen molar-refractivity contribution in [3.8, 4) is 16.5 Å². The van der Waals surface area contributed by atoms with Gasteiger partial charge in [-0.2, -0.15) is 0 Å². The quantitative estimate of drug-likeness (QED) is 0.718. The lowest BCUT2D eigenvalue weighted by atomic mass is 10.1. The highest BCUT2D eigenvalue weighted by Crippen LogP contribution is 2.31. The predicted octanol–water partition coefficient (Wildman–Crippen LogP) is 3.04. The van der Waals surface area contributed by atoms with Crippen LogP contribution in [-0.4, -0.2) is 26.9 Å². The van der Waals surface area contributed by atoms with E-state index < -0.39 is 11.8 Å². The van der Waals surface area contributed by atoms with Crippen molar-refractivity contribution >= 4 is 23.1 Å². The van der Waals surface area contributed by atoms with Crippen LogP contribution >= 0.6 is 11.3 Å². The van der Waals surface area contributed by atoms with E-state index in [2.05, 4.69) is 4.98 Å². The van der Waals surface area contributed by atoms with Crippen molar-refractivity contribution in [3.05, 3.63) is 58.8 Å². The molecule has 0 amide bonds. The molecule has 0 saturated heterocycles. The number of furan rings is 1. The lowest BCUT2D eigenvalue weighted by molar-refractivity contribution is 0.0697. The van der Waals surface area contributed by atoms with Gasteiger partial charge in [0, 0.05) is 0 Å². The van der Waals surface area contributed by atoms with Gasteiger partial charge >= 0.3 is 5.97 Å². The summed E-state index contributed by atoms with van der Waals surface area (Å²) in [5.74, 6) is -1.75. The molecular weight excluding hydrogens is 306 g/mol. The van der Waals surface area contributed by atoms with Crippen LogP contribution in [-0.2, 0) is 0 Å². The molecule has 6 nitrogen and oxygen atoms in total. The molecule has 22 heavy (non-hydrogen) atoms. The molecule has 0 bridgehead atoms. The van der Waals surface area contributed by atoms with Crippen LogP contribution in [0.1, 0.15) is 25.7 Å². The van der Waals surface area contributed by atoms with E-state index in [1.165, 1.54) is 18.4 Å². The van der Waals surface area contributed by atoms with Gasteiger partial charge < -0.3 is 14.6 Å². The third-order valence-electron chi connectivity index (χ3n) is 2.92. The van der Waals surface area contributed by atoms with Crippen LogP contribution in [0.25, 0.3) is 10.8 Å². The number of aromatic nitrogens is 1. The molecule has 0 unspecified atom stereocenters. The number of carboxylic acids is 1. The smallest absolute Gasteiger partial charge is 0.348 e. The monoisotopic (exact) mass is 315 g/mol. The fourth-order valence-corrected chi connectivity index (χ4v) is 2.79. The van der Waals surface area contributed by atoms with Gasteiger partial charge in [0.05, 0.1) is 11.8 Å². The predicted molar refractivity (Wildman–Crippen MR) is 78.3 cm³/mol. The molecule has 3 rings (SSSR count). The summed E-state index contributed by atoms with van der Waals surface area (Å²) >= 11 is 0.847. The fraction of sp³-hybridized carbons (Fsp3) is 0. The Bertz CT molecular complexity index is 851. The van der Waals surface area contributed by atoms with Crippen LogP contribution < -0.4 is 0 Å². The number of para-hydroxylation sites is 1. The first-order chi connectivity index (χ1) is 10.6. The number of nitrogens with zero attached hydrogens (tertiary/aromatic N) is 1. The summed E-state index contributed by atoms with van der Waals surface area (Å²) in [6.07, 6.45) is 1.43. The van der Waals surface area contributed by atoms with Gasteiger partial charge in [-0.15, -0.1) is 11.3 Å². The molecule has 110 valence electrons. The molecule has 1 aromatic carbocycles. The number of aromatic carboxylic acids is 1. The standard InChI is InChI=1S/C15H9NO5S/c17-9-5-2-1-4-8(9)12(18)11-13(15(19)20)22-14(16-11)10-6-3-7-21-10/h1-7,17H,(H,19,20). The van der Waals surface area contributed by atoms with Crippen molar-refractivity contribution in [1.82, 2.24) is 4.98 Å². The number of phenolic OH excluding ortho intramolecular Hbond substituents is 1. The Morgan fingerprint density at radius 3 is 2.55 bits per heavy atom. The van der Waals surface area contributed by atoms with Crippen LogP contribution in [0, 0.1) is 0 Å². The summed E-state index contributed by atoms with van der Waals surface area (Å²) in [5, 5.41) is 19.3. The van der Waals surface area contributed by atoms with E-state index in [0.29, 0.717) is 10.8 Å². The van der Waals surface area contributed by atoms with Crippen molar-refractivity contribution < 1.29 is 24.2 Å². The molecule has 2 aromatic heterocycles. The van der Waals surface area contributed by atoms with Crippen LogP contribution in [0.2, 0.25) is 0 Å². The van der Waals surface area contributed by atoms with Gasteiger partial charge in [0.1, 0.15) is 16.3 Å². The summed E-state index contributed by atoms with van der Waals surface area (Å²) in [7, 11) is 0. The number of benzene rings is 1. The molecule has 0 radical (unpaired) electrons. The molecule has 0 aliphatic rings. The van der Waals surface area contributed by atoms with Gasteiger partial charge in [0.2, 0.25) is 5.78 Å². The van der Waals surface area contributed by atoms with Crippen LogP contribution in [0.3, 0.4) is 0 Å². The van der Waals surface area contributed by atoms with Crippen molar-refractivity contribution in [2.75, 3.05) is 0 Å². The molecule has 0 aliphatic heterocycles. The second-order valence-corrected chi connectivity index (χ2v) is 5.32. The maximum Gasteiger partial charge on any atom is 0.348 e. The largest absolute Gasteiger partial charge is 0.507 e. The molecule has 0 fully saturated rings. The van der Waals surface area contributed by atoms with E-state index in [0.717, 1.165) is 11.3 Å². The molecule has 3 aromatic rings. The summed E-state index contributed by atoms with van der Waals surface area (Å²) in [6, 6.07) is 9.18. The zero-order chi connectivity index (χ0) is 15.7. The fourth-order valence-electron chi connectivity index (χ4n) is 1.92. The Kier molecular flexibility index (Phi) is 3.48. The maximum atomic E-state index is 12.5. The van der Waals surface area contributed by atoms with E-state index in [1.54, 1.807) is 24.3 Å². The average Bonchev–Trinajstić information content (AvgIpc) is 3.16. The minimum Gasteiger partial charge on any atom is -0.507 e. The molecular formula is C15H9NO5S. The van der Waals surface area contributed by atoms with Gasteiger partial charge in [-0.25, -0.2) is 9.78 Å². The zero-order valence-electron chi connectivity index (χ0n) is 11.0. The topological polar surface area (TPSA) is 101 Å². The number of rotatable bonds is 4. The molecule has 2 N–H and O–H groups in total. The first-order valence-electron chi connectivity index (χ1n) is 6.18. The first kappa shape index (κ1) is 14.0. The van der Waals surface area contributed by atoms with Crippen LogP contribution in [0.4, 0.5) is 0 Å². The number of ketones is 1. The van der Waals surface area contributed by atoms with E-state index in [4.69, 9.17) is 4.42 Å².